The van der Waals surface area contributed by atoms with Crippen molar-refractivity contribution in [2.24, 2.45) is 5.92 Å². The fourth-order valence-electron chi connectivity index (χ4n) is 3.68. The first-order valence-electron chi connectivity index (χ1n) is 9.26. The lowest BCUT2D eigenvalue weighted by Gasteiger charge is -2.37. The maximum Gasteiger partial charge on any atom is 0.231 e. The van der Waals surface area contributed by atoms with Crippen molar-refractivity contribution >= 4 is 5.91 Å². The van der Waals surface area contributed by atoms with Gasteiger partial charge in [-0.1, -0.05) is 5.16 Å². The van der Waals surface area contributed by atoms with E-state index in [2.05, 4.69) is 20.4 Å². The maximum atomic E-state index is 13.5. The number of carbonyl (C=O) groups excluding carboxylic acids is 1. The van der Waals surface area contributed by atoms with E-state index in [9.17, 15) is 13.6 Å². The van der Waals surface area contributed by atoms with E-state index in [0.717, 1.165) is 25.3 Å². The van der Waals surface area contributed by atoms with Gasteiger partial charge in [-0.25, -0.2) is 8.78 Å². The normalized spacial score (nSPS) is 23.4. The molecule has 6 nitrogen and oxygen atoms in total. The predicted molar refractivity (Wildman–Crippen MR) is 92.7 cm³/mol. The van der Waals surface area contributed by atoms with Gasteiger partial charge in [0.2, 0.25) is 11.8 Å². The quantitative estimate of drug-likeness (QED) is 0.868. The molecule has 2 heterocycles. The van der Waals surface area contributed by atoms with Crippen LogP contribution in [0.25, 0.3) is 0 Å². The molecule has 1 aliphatic heterocycles. The number of halogens is 2. The van der Waals surface area contributed by atoms with Gasteiger partial charge in [0.1, 0.15) is 11.6 Å². The monoisotopic (exact) mass is 376 g/mol. The molecule has 2 aromatic rings. The molecule has 1 saturated heterocycles. The van der Waals surface area contributed by atoms with Gasteiger partial charge >= 0.3 is 0 Å². The Hall–Kier alpha value is -2.35. The van der Waals surface area contributed by atoms with Gasteiger partial charge in [0.25, 0.3) is 0 Å². The van der Waals surface area contributed by atoms with Gasteiger partial charge in [0.05, 0.1) is 12.0 Å². The Morgan fingerprint density at radius 1 is 1.26 bits per heavy atom. The summed E-state index contributed by atoms with van der Waals surface area (Å²) in [7, 11) is 0. The minimum absolute atomic E-state index is 0.0555. The number of nitrogens with zero attached hydrogens (tertiary/aromatic N) is 3. The zero-order valence-electron chi connectivity index (χ0n) is 15.1. The minimum Gasteiger partial charge on any atom is -0.351 e. The summed E-state index contributed by atoms with van der Waals surface area (Å²) >= 11 is 0. The fraction of sp³-hybridized carbons (Fsp3) is 0.526. The lowest BCUT2D eigenvalue weighted by atomic mass is 9.90. The summed E-state index contributed by atoms with van der Waals surface area (Å²) in [6, 6.07) is 3.37. The Kier molecular flexibility index (Phi) is 4.90. The van der Waals surface area contributed by atoms with Crippen molar-refractivity contribution in [3.05, 3.63) is 47.1 Å². The zero-order chi connectivity index (χ0) is 19.0. The average molecular weight is 376 g/mol. The standard InChI is InChI=1S/C19H22F2N4O2/c1-11-22-19(27-24-11)16-4-5-25(9-12-6-14(20)8-15(21)7-12)10-17(16)23-18(26)13-2-3-13/h6-8,13,16-17H,2-5,9-10H2,1H3,(H,23,26)/t16-,17+/m0/s1. The molecule has 0 spiro atoms. The number of carbonyl (C=O) groups is 1. The van der Waals surface area contributed by atoms with Crippen LogP contribution in [0.4, 0.5) is 8.78 Å². The van der Waals surface area contributed by atoms with E-state index in [4.69, 9.17) is 4.52 Å². The number of aryl methyl sites for hydroxylation is 1. The Bertz CT molecular complexity index is 817. The first kappa shape index (κ1) is 18.0. The summed E-state index contributed by atoms with van der Waals surface area (Å²) in [5.74, 6) is 0.0247. The van der Waals surface area contributed by atoms with Crippen molar-refractivity contribution in [1.82, 2.24) is 20.4 Å². The maximum absolute atomic E-state index is 13.5. The topological polar surface area (TPSA) is 71.3 Å². The van der Waals surface area contributed by atoms with Gasteiger partial charge in [-0.2, -0.15) is 4.98 Å². The van der Waals surface area contributed by atoms with E-state index in [0.29, 0.717) is 36.9 Å². The first-order valence-corrected chi connectivity index (χ1v) is 9.26. The fourth-order valence-corrected chi connectivity index (χ4v) is 3.68. The van der Waals surface area contributed by atoms with Crippen LogP contribution in [0.5, 0.6) is 0 Å². The highest BCUT2D eigenvalue weighted by Crippen LogP contribution is 2.32. The number of aromatic nitrogens is 2. The predicted octanol–water partition coefficient (Wildman–Crippen LogP) is 2.54. The third kappa shape index (κ3) is 4.32. The van der Waals surface area contributed by atoms with Crippen molar-refractivity contribution in [2.75, 3.05) is 13.1 Å². The van der Waals surface area contributed by atoms with Crippen LogP contribution in [-0.4, -0.2) is 40.1 Å². The minimum atomic E-state index is -0.584. The summed E-state index contributed by atoms with van der Waals surface area (Å²) in [6.07, 6.45) is 2.57. The summed E-state index contributed by atoms with van der Waals surface area (Å²) in [4.78, 5) is 18.7. The van der Waals surface area contributed by atoms with Crippen molar-refractivity contribution in [1.29, 1.82) is 0 Å². The number of benzene rings is 1. The van der Waals surface area contributed by atoms with Crippen LogP contribution in [0.1, 0.15) is 42.5 Å². The Morgan fingerprint density at radius 3 is 2.63 bits per heavy atom. The molecule has 1 aliphatic carbocycles. The van der Waals surface area contributed by atoms with Gasteiger partial charge in [0.15, 0.2) is 5.82 Å². The van der Waals surface area contributed by atoms with Gasteiger partial charge < -0.3 is 9.84 Å². The molecular formula is C19H22F2N4O2. The van der Waals surface area contributed by atoms with Crippen LogP contribution >= 0.6 is 0 Å². The second-order valence-electron chi connectivity index (χ2n) is 7.48. The summed E-state index contributed by atoms with van der Waals surface area (Å²) in [5.41, 5.74) is 0.576. The van der Waals surface area contributed by atoms with E-state index in [1.54, 1.807) is 6.92 Å². The van der Waals surface area contributed by atoms with E-state index in [-0.39, 0.29) is 23.8 Å². The third-order valence-corrected chi connectivity index (χ3v) is 5.16. The SMILES string of the molecule is Cc1noc([C@H]2CCN(Cc3cc(F)cc(F)c3)C[C@H]2NC(=O)C2CC2)n1. The lowest BCUT2D eigenvalue weighted by Crippen LogP contribution is -2.51. The van der Waals surface area contributed by atoms with Crippen molar-refractivity contribution in [3.63, 3.8) is 0 Å². The number of hydrogen-bond acceptors (Lipinski definition) is 5. The molecule has 8 heteroatoms. The van der Waals surface area contributed by atoms with Crippen LogP contribution in [0.15, 0.2) is 22.7 Å². The van der Waals surface area contributed by atoms with Crippen LogP contribution in [-0.2, 0) is 11.3 Å². The number of nitrogens with one attached hydrogen (secondary N) is 1. The molecule has 1 amide bonds. The molecule has 1 saturated carbocycles. The van der Waals surface area contributed by atoms with E-state index in [1.807, 2.05) is 0 Å². The second kappa shape index (κ2) is 7.34. The average Bonchev–Trinajstić information content (AvgIpc) is 3.36. The molecule has 2 fully saturated rings. The molecule has 1 aromatic carbocycles. The second-order valence-corrected chi connectivity index (χ2v) is 7.48. The lowest BCUT2D eigenvalue weighted by molar-refractivity contribution is -0.123. The van der Waals surface area contributed by atoms with Crippen LogP contribution in [0, 0.1) is 24.5 Å². The molecule has 1 N–H and O–H groups in total. The zero-order valence-corrected chi connectivity index (χ0v) is 15.1. The van der Waals surface area contributed by atoms with Gasteiger partial charge in [-0.05, 0) is 50.4 Å². The van der Waals surface area contributed by atoms with E-state index >= 15 is 0 Å². The van der Waals surface area contributed by atoms with Crippen molar-refractivity contribution in [2.45, 2.75) is 44.7 Å². The van der Waals surface area contributed by atoms with E-state index < -0.39 is 11.6 Å². The summed E-state index contributed by atoms with van der Waals surface area (Å²) < 4.78 is 32.3. The van der Waals surface area contributed by atoms with Crippen LogP contribution in [0.3, 0.4) is 0 Å². The third-order valence-electron chi connectivity index (χ3n) is 5.16. The molecule has 0 unspecified atom stereocenters. The Balaban J connectivity index is 1.49. The summed E-state index contributed by atoms with van der Waals surface area (Å²) in [6.45, 7) is 3.45. The Labute approximate surface area is 155 Å². The Morgan fingerprint density at radius 2 is 2.00 bits per heavy atom. The summed E-state index contributed by atoms with van der Waals surface area (Å²) in [5, 5.41) is 6.98. The first-order chi connectivity index (χ1) is 13.0. The smallest absolute Gasteiger partial charge is 0.231 e. The van der Waals surface area contributed by atoms with Crippen molar-refractivity contribution < 1.29 is 18.1 Å². The number of rotatable bonds is 5. The number of amides is 1. The van der Waals surface area contributed by atoms with E-state index in [1.165, 1.54) is 12.1 Å². The number of likely N-dealkylation sites (tertiary alicyclic amines) is 1. The molecule has 144 valence electrons. The molecule has 0 radical (unpaired) electrons. The van der Waals surface area contributed by atoms with Crippen molar-refractivity contribution in [3.8, 4) is 0 Å². The highest BCUT2D eigenvalue weighted by atomic mass is 19.1. The van der Waals surface area contributed by atoms with Gasteiger partial charge in [-0.3, -0.25) is 9.69 Å². The molecule has 2 aliphatic rings. The van der Waals surface area contributed by atoms with Crippen LogP contribution in [0.2, 0.25) is 0 Å². The molecule has 4 rings (SSSR count). The molecule has 2 atom stereocenters. The number of hydrogen-bond donors (Lipinski definition) is 1. The highest BCUT2D eigenvalue weighted by molar-refractivity contribution is 5.81. The molecule has 0 bridgehead atoms. The van der Waals surface area contributed by atoms with Gasteiger partial charge in [-0.15, -0.1) is 0 Å². The highest BCUT2D eigenvalue weighted by Gasteiger charge is 2.38. The molecule has 27 heavy (non-hydrogen) atoms. The molecular weight excluding hydrogens is 354 g/mol. The van der Waals surface area contributed by atoms with Gasteiger partial charge in [0, 0.05) is 25.1 Å². The largest absolute Gasteiger partial charge is 0.351 e. The van der Waals surface area contributed by atoms with Crippen LogP contribution < -0.4 is 5.32 Å². The number of piperidine rings is 1. The molecule has 1 aromatic heterocycles.